The molecule has 10 heteroatoms. The van der Waals surface area contributed by atoms with Crippen molar-refractivity contribution in [2.75, 3.05) is 5.32 Å². The van der Waals surface area contributed by atoms with Crippen molar-refractivity contribution in [3.63, 3.8) is 0 Å². The number of alkyl halides is 3. The number of rotatable bonds is 7. The largest absolute Gasteiger partial charge is 0.471 e. The average molecular weight is 442 g/mol. The monoisotopic (exact) mass is 442 g/mol. The van der Waals surface area contributed by atoms with Crippen LogP contribution in [0.25, 0.3) is 0 Å². The van der Waals surface area contributed by atoms with Gasteiger partial charge in [-0.2, -0.15) is 17.5 Å². The molecule has 4 rings (SSSR count). The number of nitrogens with zero attached hydrogens (tertiary/aromatic N) is 1. The van der Waals surface area contributed by atoms with E-state index in [-0.39, 0.29) is 23.2 Å². The Balaban J connectivity index is 1.50. The fourth-order valence-corrected chi connectivity index (χ4v) is 5.02. The summed E-state index contributed by atoms with van der Waals surface area (Å²) in [6, 6.07) is 8.21. The molecular weight excluding hydrogens is 421 g/mol. The second-order valence-electron chi connectivity index (χ2n) is 7.88. The topological polar surface area (TPSA) is 79.6 Å². The Morgan fingerprint density at radius 3 is 2.33 bits per heavy atom. The molecule has 0 spiro atoms. The number of hydrogen-bond donors (Lipinski definition) is 1. The zero-order valence-corrected chi connectivity index (χ0v) is 17.0. The van der Waals surface area contributed by atoms with E-state index in [9.17, 15) is 26.4 Å². The highest BCUT2D eigenvalue weighted by molar-refractivity contribution is 7.89. The molecule has 6 nitrogen and oxygen atoms in total. The van der Waals surface area contributed by atoms with E-state index < -0.39 is 22.1 Å². The summed E-state index contributed by atoms with van der Waals surface area (Å²) in [4.78, 5) is 11.0. The normalized spacial score (nSPS) is 21.6. The van der Waals surface area contributed by atoms with Gasteiger partial charge in [0, 0.05) is 17.6 Å². The molecule has 30 heavy (non-hydrogen) atoms. The Labute approximate surface area is 172 Å². The number of benzene rings is 1. The van der Waals surface area contributed by atoms with Gasteiger partial charge in [-0.1, -0.05) is 6.92 Å². The summed E-state index contributed by atoms with van der Waals surface area (Å²) in [5.74, 6) is 0.285. The highest BCUT2D eigenvalue weighted by atomic mass is 32.2. The zero-order valence-electron chi connectivity index (χ0n) is 16.1. The minimum Gasteiger partial charge on any atom is -0.464 e. The lowest BCUT2D eigenvalue weighted by molar-refractivity contribution is -0.167. The number of furan rings is 1. The van der Waals surface area contributed by atoms with Crippen molar-refractivity contribution in [3.05, 3.63) is 47.9 Å². The van der Waals surface area contributed by atoms with Crippen molar-refractivity contribution >= 4 is 21.6 Å². The Hall–Kier alpha value is -2.33. The average Bonchev–Trinajstić information content (AvgIpc) is 3.59. The SMILES string of the molecule is CC1CC1c1ccc(CN(C2CC2)S(=O)(=O)c2ccc(NC(=O)C(F)(F)F)cc2)o1. The number of carbonyl (C=O) groups excluding carboxylic acids is 1. The molecule has 2 fully saturated rings. The Bertz CT molecular complexity index is 1040. The minimum absolute atomic E-state index is 0.0537. The zero-order chi connectivity index (χ0) is 21.7. The molecule has 1 aromatic heterocycles. The first kappa shape index (κ1) is 20.9. The lowest BCUT2D eigenvalue weighted by atomic mass is 10.3. The molecule has 2 atom stereocenters. The van der Waals surface area contributed by atoms with Gasteiger partial charge in [0.1, 0.15) is 11.5 Å². The molecule has 1 amide bonds. The summed E-state index contributed by atoms with van der Waals surface area (Å²) in [6.07, 6.45) is -2.47. The smallest absolute Gasteiger partial charge is 0.464 e. The molecule has 2 unspecified atom stereocenters. The summed E-state index contributed by atoms with van der Waals surface area (Å²) in [5, 5.41) is 1.70. The first-order valence-electron chi connectivity index (χ1n) is 9.64. The number of nitrogens with one attached hydrogen (secondary N) is 1. The predicted octanol–water partition coefficient (Wildman–Crippen LogP) is 4.26. The number of carbonyl (C=O) groups is 1. The van der Waals surface area contributed by atoms with Crippen molar-refractivity contribution in [2.45, 2.75) is 55.8 Å². The summed E-state index contributed by atoms with van der Waals surface area (Å²) in [7, 11) is -3.88. The fraction of sp³-hybridized carbons (Fsp3) is 0.450. The lowest BCUT2D eigenvalue weighted by Gasteiger charge is -2.21. The van der Waals surface area contributed by atoms with Gasteiger partial charge in [-0.15, -0.1) is 0 Å². The molecule has 0 aliphatic heterocycles. The van der Waals surface area contributed by atoms with E-state index in [1.54, 1.807) is 11.4 Å². The van der Waals surface area contributed by atoms with E-state index in [1.807, 2.05) is 6.07 Å². The van der Waals surface area contributed by atoms with Crippen LogP contribution in [0.5, 0.6) is 0 Å². The molecule has 2 saturated carbocycles. The molecule has 2 aliphatic rings. The predicted molar refractivity (Wildman–Crippen MR) is 102 cm³/mol. The second-order valence-corrected chi connectivity index (χ2v) is 9.77. The minimum atomic E-state index is -5.02. The van der Waals surface area contributed by atoms with Crippen LogP contribution in [0.4, 0.5) is 18.9 Å². The highest BCUT2D eigenvalue weighted by Gasteiger charge is 2.41. The van der Waals surface area contributed by atoms with Crippen LogP contribution in [0.1, 0.15) is 43.6 Å². The first-order chi connectivity index (χ1) is 14.1. The molecule has 1 heterocycles. The highest BCUT2D eigenvalue weighted by Crippen LogP contribution is 2.47. The maximum Gasteiger partial charge on any atom is 0.471 e. The lowest BCUT2D eigenvalue weighted by Crippen LogP contribution is -2.32. The van der Waals surface area contributed by atoms with Crippen molar-refractivity contribution in [1.29, 1.82) is 0 Å². The van der Waals surface area contributed by atoms with Crippen molar-refractivity contribution in [1.82, 2.24) is 4.31 Å². The second kappa shape index (κ2) is 7.42. The van der Waals surface area contributed by atoms with Crippen LogP contribution < -0.4 is 5.32 Å². The van der Waals surface area contributed by atoms with E-state index >= 15 is 0 Å². The quantitative estimate of drug-likeness (QED) is 0.695. The van der Waals surface area contributed by atoms with Gasteiger partial charge in [0.2, 0.25) is 10.0 Å². The van der Waals surface area contributed by atoms with E-state index in [2.05, 4.69) is 6.92 Å². The maximum absolute atomic E-state index is 13.1. The number of anilines is 1. The fourth-order valence-electron chi connectivity index (χ4n) is 3.37. The summed E-state index contributed by atoms with van der Waals surface area (Å²) in [6.45, 7) is 2.23. The third-order valence-electron chi connectivity index (χ3n) is 5.40. The first-order valence-corrected chi connectivity index (χ1v) is 11.1. The van der Waals surface area contributed by atoms with Crippen molar-refractivity contribution < 1.29 is 30.8 Å². The third-order valence-corrected chi connectivity index (χ3v) is 7.31. The Morgan fingerprint density at radius 1 is 1.17 bits per heavy atom. The molecule has 1 aromatic carbocycles. The molecule has 1 N–H and O–H groups in total. The molecule has 0 radical (unpaired) electrons. The Kier molecular flexibility index (Phi) is 5.17. The summed E-state index contributed by atoms with van der Waals surface area (Å²) in [5.41, 5.74) is -0.136. The van der Waals surface area contributed by atoms with E-state index in [0.717, 1.165) is 37.2 Å². The van der Waals surface area contributed by atoms with Gasteiger partial charge < -0.3 is 9.73 Å². The van der Waals surface area contributed by atoms with Crippen LogP contribution in [0, 0.1) is 5.92 Å². The van der Waals surface area contributed by atoms with Crippen molar-refractivity contribution in [3.8, 4) is 0 Å². The van der Waals surface area contributed by atoms with Crippen LogP contribution in [0.2, 0.25) is 0 Å². The molecule has 0 saturated heterocycles. The van der Waals surface area contributed by atoms with Crippen LogP contribution in [-0.2, 0) is 21.4 Å². The number of sulfonamides is 1. The van der Waals surface area contributed by atoms with Gasteiger partial charge >= 0.3 is 12.1 Å². The van der Waals surface area contributed by atoms with E-state index in [4.69, 9.17) is 4.42 Å². The molecule has 162 valence electrons. The van der Waals surface area contributed by atoms with Gasteiger partial charge in [0.15, 0.2) is 0 Å². The number of halogens is 3. The van der Waals surface area contributed by atoms with Crippen LogP contribution in [-0.4, -0.2) is 30.8 Å². The standard InChI is InChI=1S/C20H21F3N2O4S/c1-12-10-17(12)18-9-6-15(29-18)11-25(14-4-5-14)30(27,28)16-7-2-13(3-8-16)24-19(26)20(21,22)23/h2-3,6-9,12,14,17H,4-5,10-11H2,1H3,(H,24,26). The molecule has 2 aromatic rings. The van der Waals surface area contributed by atoms with Crippen molar-refractivity contribution in [2.24, 2.45) is 5.92 Å². The van der Waals surface area contributed by atoms with Gasteiger partial charge in [0.05, 0.1) is 11.4 Å². The van der Waals surface area contributed by atoms with Gasteiger partial charge in [0.25, 0.3) is 0 Å². The van der Waals surface area contributed by atoms with Gasteiger partial charge in [-0.05, 0) is 61.6 Å². The molecule has 2 aliphatic carbocycles. The molecule has 0 bridgehead atoms. The van der Waals surface area contributed by atoms with Crippen LogP contribution >= 0.6 is 0 Å². The van der Waals surface area contributed by atoms with Gasteiger partial charge in [-0.25, -0.2) is 8.42 Å². The summed E-state index contributed by atoms with van der Waals surface area (Å²) >= 11 is 0. The number of amides is 1. The molecular formula is C20H21F3N2O4S. The van der Waals surface area contributed by atoms with E-state index in [1.165, 1.54) is 16.4 Å². The maximum atomic E-state index is 13.1. The summed E-state index contributed by atoms with van der Waals surface area (Å²) < 4.78 is 70.6. The van der Waals surface area contributed by atoms with Crippen LogP contribution in [0.3, 0.4) is 0 Å². The van der Waals surface area contributed by atoms with Crippen LogP contribution in [0.15, 0.2) is 45.7 Å². The number of hydrogen-bond acceptors (Lipinski definition) is 4. The van der Waals surface area contributed by atoms with Gasteiger partial charge in [-0.3, -0.25) is 4.79 Å². The third kappa shape index (κ3) is 4.39. The Morgan fingerprint density at radius 2 is 1.80 bits per heavy atom. The van der Waals surface area contributed by atoms with E-state index in [0.29, 0.717) is 17.6 Å².